The van der Waals surface area contributed by atoms with E-state index >= 15 is 0 Å². The maximum Gasteiger partial charge on any atom is 0.269 e. The maximum atomic E-state index is 13.0. The third-order valence-electron chi connectivity index (χ3n) is 7.60. The van der Waals surface area contributed by atoms with Crippen LogP contribution in [-0.2, 0) is 16.1 Å². The van der Waals surface area contributed by atoms with Gasteiger partial charge in [0.2, 0.25) is 5.91 Å². The van der Waals surface area contributed by atoms with Gasteiger partial charge in [-0.2, -0.15) is 4.98 Å². The number of carbonyl (C=O) groups is 3. The molecule has 0 unspecified atom stereocenters. The molecule has 5 rings (SSSR count). The average molecular weight is 650 g/mol. The number of aromatic nitrogens is 3. The molecule has 3 aromatic rings. The minimum atomic E-state index is -0.665. The zero-order valence-corrected chi connectivity index (χ0v) is 27.4. The molecule has 15 nitrogen and oxygen atoms in total. The van der Waals surface area contributed by atoms with Crippen molar-refractivity contribution < 1.29 is 23.6 Å². The summed E-state index contributed by atoms with van der Waals surface area (Å²) in [7, 11) is 6.85. The second-order valence-corrected chi connectivity index (χ2v) is 12.7. The number of nitrogens with zero attached hydrogens (tertiary/aromatic N) is 5. The van der Waals surface area contributed by atoms with E-state index in [1.54, 1.807) is 71.2 Å². The number of piperazine rings is 1. The topological polar surface area (TPSA) is 203 Å². The minimum absolute atomic E-state index is 0.0272. The SMILES string of the molecule is BC(B)(B)NC(=O)C(=N)/C(=C\C(=N)NC(=O)C1CC1)Nc1cccc(-c2nc(CN3CCN(C(=O)c4cccnc4)CC3)no2)c1OC. The minimum Gasteiger partial charge on any atom is -0.494 e. The van der Waals surface area contributed by atoms with E-state index in [0.29, 0.717) is 61.1 Å². The first-order chi connectivity index (χ1) is 22.9. The fourth-order valence-corrected chi connectivity index (χ4v) is 5.03. The zero-order valence-electron chi connectivity index (χ0n) is 27.4. The van der Waals surface area contributed by atoms with Crippen LogP contribution >= 0.6 is 0 Å². The van der Waals surface area contributed by atoms with E-state index < -0.39 is 16.9 Å². The zero-order chi connectivity index (χ0) is 34.4. The Morgan fingerprint density at radius 2 is 1.85 bits per heavy atom. The van der Waals surface area contributed by atoms with Crippen LogP contribution in [-0.4, -0.2) is 116 Å². The molecule has 1 saturated carbocycles. The van der Waals surface area contributed by atoms with Crippen LogP contribution in [0.3, 0.4) is 0 Å². The van der Waals surface area contributed by atoms with Crippen LogP contribution in [0.2, 0.25) is 0 Å². The molecule has 18 heteroatoms. The number of ether oxygens (including phenoxy) is 1. The Hall–Kier alpha value is -5.25. The predicted octanol–water partition coefficient (Wildman–Crippen LogP) is -1.46. The summed E-state index contributed by atoms with van der Waals surface area (Å²) in [6, 6.07) is 8.64. The number of hydrogen-bond donors (Lipinski definition) is 5. The number of amides is 3. The van der Waals surface area contributed by atoms with Crippen LogP contribution in [0.15, 0.2) is 59.0 Å². The Morgan fingerprint density at radius 1 is 1.10 bits per heavy atom. The summed E-state index contributed by atoms with van der Waals surface area (Å²) < 4.78 is 11.3. The van der Waals surface area contributed by atoms with Gasteiger partial charge in [-0.05, 0) is 42.3 Å². The fraction of sp³-hybridized carbons (Fsp3) is 0.333. The molecule has 0 atom stereocenters. The molecule has 3 amide bonds. The Morgan fingerprint density at radius 3 is 2.50 bits per heavy atom. The molecular weight excluding hydrogens is 613 g/mol. The predicted molar refractivity (Wildman–Crippen MR) is 186 cm³/mol. The van der Waals surface area contributed by atoms with Crippen LogP contribution in [0, 0.1) is 16.7 Å². The van der Waals surface area contributed by atoms with Crippen molar-refractivity contribution in [3.05, 3.63) is 65.9 Å². The van der Waals surface area contributed by atoms with Gasteiger partial charge in [-0.1, -0.05) is 11.2 Å². The lowest BCUT2D eigenvalue weighted by molar-refractivity contribution is -0.120. The summed E-state index contributed by atoms with van der Waals surface area (Å²) in [6.07, 6.45) is 5.97. The van der Waals surface area contributed by atoms with E-state index in [1.807, 2.05) is 0 Å². The van der Waals surface area contributed by atoms with Gasteiger partial charge in [0.1, 0.15) is 35.1 Å². The number of para-hydroxylation sites is 1. The summed E-state index contributed by atoms with van der Waals surface area (Å²) in [4.78, 5) is 50.6. The number of rotatable bonds is 12. The summed E-state index contributed by atoms with van der Waals surface area (Å²) in [6.45, 7) is 2.80. The van der Waals surface area contributed by atoms with Crippen molar-refractivity contribution in [1.82, 2.24) is 35.6 Å². The largest absolute Gasteiger partial charge is 0.494 e. The molecule has 0 spiro atoms. The summed E-state index contributed by atoms with van der Waals surface area (Å²) in [5.74, 6) is -0.408. The van der Waals surface area contributed by atoms with E-state index in [9.17, 15) is 14.4 Å². The normalized spacial score (nSPS) is 15.4. The molecule has 2 aromatic heterocycles. The standard InChI is InChI=1S/C30H37B3N10O5/c1-47-25-19(28-39-23(41-48-28)16-42-10-12-43(13-11-42)29(46)18-4-3-9-36-15-18)5-2-6-20(25)37-21(24(35)27(45)40-30(31,32)33)14-22(34)38-26(44)17-7-8-17/h2-6,9,14-15,17,35,37H,7-8,10-13,16,31-33H2,1H3,(H,40,45)(H2,34,38,44)/b21-14+,35-24?. The van der Waals surface area contributed by atoms with Gasteiger partial charge in [0.15, 0.2) is 11.6 Å². The number of hydrogen-bond acceptors (Lipinski definition) is 12. The number of methoxy groups -OCH3 is 1. The van der Waals surface area contributed by atoms with Crippen molar-refractivity contribution >= 4 is 58.5 Å². The van der Waals surface area contributed by atoms with E-state index in [-0.39, 0.29) is 35.2 Å². The summed E-state index contributed by atoms with van der Waals surface area (Å²) >= 11 is 0. The Kier molecular flexibility index (Phi) is 10.4. The number of anilines is 1. The molecule has 246 valence electrons. The third-order valence-corrected chi connectivity index (χ3v) is 7.60. The first-order valence-corrected chi connectivity index (χ1v) is 15.6. The van der Waals surface area contributed by atoms with Gasteiger partial charge in [-0.25, -0.2) is 0 Å². The molecule has 48 heavy (non-hydrogen) atoms. The lowest BCUT2D eigenvalue weighted by Gasteiger charge is -2.34. The van der Waals surface area contributed by atoms with Crippen LogP contribution in [0.25, 0.3) is 11.5 Å². The molecule has 5 N–H and O–H groups in total. The number of amidine groups is 1. The Balaban J connectivity index is 1.30. The molecule has 2 aliphatic rings. The Bertz CT molecular complexity index is 1730. The Labute approximate surface area is 280 Å². The molecule has 1 aromatic carbocycles. The average Bonchev–Trinajstić information content (AvgIpc) is 3.82. The molecule has 3 heterocycles. The number of carbonyl (C=O) groups excluding carboxylic acids is 3. The fourth-order valence-electron chi connectivity index (χ4n) is 5.03. The highest BCUT2D eigenvalue weighted by atomic mass is 16.5. The monoisotopic (exact) mass is 650 g/mol. The summed E-state index contributed by atoms with van der Waals surface area (Å²) in [5.41, 5.74) is 0.928. The van der Waals surface area contributed by atoms with Crippen LogP contribution in [0.1, 0.15) is 29.0 Å². The van der Waals surface area contributed by atoms with Crippen molar-refractivity contribution in [2.24, 2.45) is 5.92 Å². The molecule has 0 radical (unpaired) electrons. The molecule has 0 bridgehead atoms. The lowest BCUT2D eigenvalue weighted by atomic mass is 9.49. The molecule has 1 aliphatic carbocycles. The lowest BCUT2D eigenvalue weighted by Crippen LogP contribution is -2.52. The van der Waals surface area contributed by atoms with E-state index in [0.717, 1.165) is 12.8 Å². The highest BCUT2D eigenvalue weighted by molar-refractivity contribution is 6.61. The van der Waals surface area contributed by atoms with Crippen LogP contribution in [0.4, 0.5) is 5.69 Å². The first kappa shape index (κ1) is 34.1. The second kappa shape index (κ2) is 14.7. The van der Waals surface area contributed by atoms with Crippen molar-refractivity contribution in [3.8, 4) is 17.2 Å². The summed E-state index contributed by atoms with van der Waals surface area (Å²) in [5, 5.41) is 28.9. The van der Waals surface area contributed by atoms with Crippen molar-refractivity contribution in [1.29, 1.82) is 10.8 Å². The number of pyridine rings is 1. The van der Waals surface area contributed by atoms with Gasteiger partial charge in [0, 0.05) is 50.6 Å². The van der Waals surface area contributed by atoms with Gasteiger partial charge in [-0.15, -0.1) is 0 Å². The number of nitrogens with one attached hydrogen (secondary N) is 5. The van der Waals surface area contributed by atoms with Crippen molar-refractivity contribution in [2.45, 2.75) is 24.6 Å². The van der Waals surface area contributed by atoms with E-state index in [4.69, 9.17) is 20.1 Å². The molecule has 2 fully saturated rings. The first-order valence-electron chi connectivity index (χ1n) is 15.6. The smallest absolute Gasteiger partial charge is 0.269 e. The van der Waals surface area contributed by atoms with Gasteiger partial charge in [0.25, 0.3) is 17.7 Å². The number of benzene rings is 1. The highest BCUT2D eigenvalue weighted by Gasteiger charge is 2.30. The van der Waals surface area contributed by atoms with Gasteiger partial charge >= 0.3 is 0 Å². The molecular formula is C30H37B3N10O5. The van der Waals surface area contributed by atoms with Crippen molar-refractivity contribution in [2.75, 3.05) is 38.6 Å². The maximum absolute atomic E-state index is 13.0. The third kappa shape index (κ3) is 8.76. The van der Waals surface area contributed by atoms with Gasteiger partial charge < -0.3 is 30.1 Å². The van der Waals surface area contributed by atoms with E-state index in [2.05, 4.69) is 36.0 Å². The quantitative estimate of drug-likeness (QED) is 0.0877. The van der Waals surface area contributed by atoms with Crippen LogP contribution < -0.4 is 20.7 Å². The van der Waals surface area contributed by atoms with Crippen molar-refractivity contribution in [3.63, 3.8) is 0 Å². The second-order valence-electron chi connectivity index (χ2n) is 12.7. The van der Waals surface area contributed by atoms with E-state index in [1.165, 1.54) is 13.2 Å². The van der Waals surface area contributed by atoms with Gasteiger partial charge in [0.05, 0.1) is 36.2 Å². The van der Waals surface area contributed by atoms with Gasteiger partial charge in [-0.3, -0.25) is 35.1 Å². The molecule has 1 saturated heterocycles. The van der Waals surface area contributed by atoms with Crippen LogP contribution in [0.5, 0.6) is 5.75 Å². The highest BCUT2D eigenvalue weighted by Crippen LogP contribution is 2.36. The molecule has 1 aliphatic heterocycles.